The van der Waals surface area contributed by atoms with Gasteiger partial charge in [-0.05, 0) is 36.8 Å². The molecule has 0 aliphatic rings. The highest BCUT2D eigenvalue weighted by atomic mass is 15.1. The van der Waals surface area contributed by atoms with Crippen LogP contribution >= 0.6 is 0 Å². The van der Waals surface area contributed by atoms with Gasteiger partial charge in [0.2, 0.25) is 0 Å². The van der Waals surface area contributed by atoms with Crippen LogP contribution in [0.2, 0.25) is 0 Å². The summed E-state index contributed by atoms with van der Waals surface area (Å²) in [6.45, 7) is 10.2. The molecule has 3 heteroatoms. The van der Waals surface area contributed by atoms with Crippen molar-refractivity contribution in [2.75, 3.05) is 0 Å². The maximum atomic E-state index is 5.10. The number of rotatable bonds is 2. The molecule has 2 heterocycles. The minimum absolute atomic E-state index is 0.739. The van der Waals surface area contributed by atoms with Crippen molar-refractivity contribution in [1.29, 1.82) is 0 Å². The van der Waals surface area contributed by atoms with Gasteiger partial charge in [0, 0.05) is 21.7 Å². The Hall–Kier alpha value is -3.98. The van der Waals surface area contributed by atoms with Crippen LogP contribution in [0.25, 0.3) is 49.9 Å². The second-order valence-electron chi connectivity index (χ2n) is 7.58. The highest BCUT2D eigenvalue weighted by Gasteiger charge is 2.17. The van der Waals surface area contributed by atoms with E-state index in [9.17, 15) is 0 Å². The fraction of sp³-hybridized carbons (Fsp3) is 0.161. The van der Waals surface area contributed by atoms with Gasteiger partial charge in [-0.15, -0.1) is 0 Å². The zero-order valence-corrected chi connectivity index (χ0v) is 20.6. The average molecular weight is 446 g/mol. The molecule has 3 nitrogen and oxygen atoms in total. The van der Waals surface area contributed by atoms with Crippen LogP contribution in [-0.4, -0.2) is 14.5 Å². The summed E-state index contributed by atoms with van der Waals surface area (Å²) in [4.78, 5) is 9.96. The van der Waals surface area contributed by atoms with E-state index < -0.39 is 0 Å². The molecular formula is C31H31N3. The molecule has 0 aliphatic carbocycles. The number of hydrogen-bond acceptors (Lipinski definition) is 2. The number of fused-ring (bicyclic) bond motifs is 4. The van der Waals surface area contributed by atoms with Crippen molar-refractivity contribution >= 4 is 32.7 Å². The first-order valence-corrected chi connectivity index (χ1v) is 12.1. The van der Waals surface area contributed by atoms with Gasteiger partial charge in [-0.2, -0.15) is 0 Å². The minimum Gasteiger partial charge on any atom is -0.293 e. The third kappa shape index (κ3) is 3.94. The third-order valence-corrected chi connectivity index (χ3v) is 5.73. The fourth-order valence-corrected chi connectivity index (χ4v) is 4.37. The molecular weight excluding hydrogens is 414 g/mol. The Labute approximate surface area is 201 Å². The first kappa shape index (κ1) is 23.2. The summed E-state index contributed by atoms with van der Waals surface area (Å²) < 4.78 is 2.29. The van der Waals surface area contributed by atoms with Crippen LogP contribution in [0, 0.1) is 6.92 Å². The van der Waals surface area contributed by atoms with Crippen molar-refractivity contribution in [3.8, 4) is 17.2 Å². The van der Waals surface area contributed by atoms with Crippen LogP contribution in [0.4, 0.5) is 0 Å². The van der Waals surface area contributed by atoms with Gasteiger partial charge in [0.1, 0.15) is 5.82 Å². The van der Waals surface area contributed by atoms with E-state index in [-0.39, 0.29) is 0 Å². The maximum absolute atomic E-state index is 5.10. The molecule has 0 saturated carbocycles. The number of hydrogen-bond donors (Lipinski definition) is 0. The molecule has 0 amide bonds. The number of aromatic nitrogens is 3. The molecule has 34 heavy (non-hydrogen) atoms. The maximum Gasteiger partial charge on any atom is 0.162 e. The number of nitrogens with zero attached hydrogens (tertiary/aromatic N) is 3. The van der Waals surface area contributed by atoms with Gasteiger partial charge >= 0.3 is 0 Å². The lowest BCUT2D eigenvalue weighted by molar-refractivity contribution is 1.07. The van der Waals surface area contributed by atoms with Gasteiger partial charge in [0.05, 0.1) is 16.6 Å². The van der Waals surface area contributed by atoms with Crippen LogP contribution in [0.3, 0.4) is 0 Å². The molecule has 0 aliphatic heterocycles. The summed E-state index contributed by atoms with van der Waals surface area (Å²) in [6.07, 6.45) is 0. The molecule has 0 atom stereocenters. The van der Waals surface area contributed by atoms with E-state index in [1.54, 1.807) is 0 Å². The summed E-state index contributed by atoms with van der Waals surface area (Å²) in [5.41, 5.74) is 5.55. The highest BCUT2D eigenvalue weighted by Crippen LogP contribution is 2.35. The summed E-state index contributed by atoms with van der Waals surface area (Å²) in [5, 5.41) is 3.56. The largest absolute Gasteiger partial charge is 0.293 e. The van der Waals surface area contributed by atoms with Crippen LogP contribution in [-0.2, 0) is 0 Å². The summed E-state index contributed by atoms with van der Waals surface area (Å²) in [5.74, 6) is 1.65. The molecule has 6 rings (SSSR count). The predicted molar refractivity (Wildman–Crippen MR) is 147 cm³/mol. The number of para-hydroxylation sites is 2. The molecule has 2 aromatic heterocycles. The zero-order chi connectivity index (χ0) is 24.1. The van der Waals surface area contributed by atoms with Crippen LogP contribution in [0.1, 0.15) is 33.3 Å². The molecule has 0 bridgehead atoms. The minimum atomic E-state index is 0.739. The molecule has 170 valence electrons. The quantitative estimate of drug-likeness (QED) is 0.267. The van der Waals surface area contributed by atoms with E-state index in [1.165, 1.54) is 21.9 Å². The molecule has 0 fully saturated rings. The van der Waals surface area contributed by atoms with Crippen molar-refractivity contribution in [3.05, 3.63) is 103 Å². The van der Waals surface area contributed by atoms with Crippen LogP contribution < -0.4 is 0 Å². The van der Waals surface area contributed by atoms with E-state index in [4.69, 9.17) is 9.97 Å². The standard InChI is InChI=1S/C27H19N3.2C2H6/c1-18-10-9-17-24-25(18)21-14-6-8-16-23(21)30(24)27-20-13-5-7-15-22(20)28-26(29-27)19-11-3-2-4-12-19;2*1-2/h2-17H,1H3;2*1-2H3. The first-order valence-electron chi connectivity index (χ1n) is 12.1. The Balaban J connectivity index is 0.000000652. The monoisotopic (exact) mass is 445 g/mol. The lowest BCUT2D eigenvalue weighted by atomic mass is 10.1. The van der Waals surface area contributed by atoms with Gasteiger partial charge < -0.3 is 0 Å². The number of aryl methyl sites for hydroxylation is 1. The predicted octanol–water partition coefficient (Wildman–Crippen LogP) is 8.75. The summed E-state index contributed by atoms with van der Waals surface area (Å²) >= 11 is 0. The Morgan fingerprint density at radius 2 is 1.18 bits per heavy atom. The lowest BCUT2D eigenvalue weighted by Crippen LogP contribution is -2.02. The molecule has 4 aromatic carbocycles. The van der Waals surface area contributed by atoms with Crippen LogP contribution in [0.5, 0.6) is 0 Å². The molecule has 6 aromatic rings. The lowest BCUT2D eigenvalue weighted by Gasteiger charge is -2.12. The van der Waals surface area contributed by atoms with E-state index in [2.05, 4.69) is 84.3 Å². The normalized spacial score (nSPS) is 10.5. The van der Waals surface area contributed by atoms with Gasteiger partial charge in [0.25, 0.3) is 0 Å². The van der Waals surface area contributed by atoms with Crippen molar-refractivity contribution in [1.82, 2.24) is 14.5 Å². The Kier molecular flexibility index (Phi) is 7.03. The summed E-state index contributed by atoms with van der Waals surface area (Å²) in [7, 11) is 0. The van der Waals surface area contributed by atoms with Crippen LogP contribution in [0.15, 0.2) is 97.1 Å². The van der Waals surface area contributed by atoms with E-state index in [0.29, 0.717) is 0 Å². The summed E-state index contributed by atoms with van der Waals surface area (Å²) in [6, 6.07) is 33.5. The third-order valence-electron chi connectivity index (χ3n) is 5.73. The van der Waals surface area contributed by atoms with E-state index >= 15 is 0 Å². The smallest absolute Gasteiger partial charge is 0.162 e. The van der Waals surface area contributed by atoms with E-state index in [0.717, 1.165) is 33.6 Å². The van der Waals surface area contributed by atoms with Gasteiger partial charge in [-0.1, -0.05) is 100 Å². The second-order valence-corrected chi connectivity index (χ2v) is 7.58. The SMILES string of the molecule is CC.CC.Cc1cccc2c1c1ccccc1n2-c1nc(-c2ccccc2)nc2ccccc12. The Morgan fingerprint density at radius 1 is 0.559 bits per heavy atom. The van der Waals surface area contributed by atoms with Crippen molar-refractivity contribution < 1.29 is 0 Å². The zero-order valence-electron chi connectivity index (χ0n) is 20.6. The molecule has 0 saturated heterocycles. The van der Waals surface area contributed by atoms with Crippen molar-refractivity contribution in [3.63, 3.8) is 0 Å². The molecule has 0 unspecified atom stereocenters. The molecule has 0 spiro atoms. The second kappa shape index (κ2) is 10.3. The number of benzene rings is 4. The topological polar surface area (TPSA) is 30.7 Å². The average Bonchev–Trinajstić information content (AvgIpc) is 3.26. The van der Waals surface area contributed by atoms with Gasteiger partial charge in [-0.25, -0.2) is 9.97 Å². The van der Waals surface area contributed by atoms with E-state index in [1.807, 2.05) is 52.0 Å². The first-order chi connectivity index (χ1) is 16.8. The van der Waals surface area contributed by atoms with Gasteiger partial charge in [0.15, 0.2) is 5.82 Å². The fourth-order valence-electron chi connectivity index (χ4n) is 4.37. The Morgan fingerprint density at radius 3 is 1.94 bits per heavy atom. The molecule has 0 radical (unpaired) electrons. The van der Waals surface area contributed by atoms with Crippen molar-refractivity contribution in [2.45, 2.75) is 34.6 Å². The van der Waals surface area contributed by atoms with Crippen molar-refractivity contribution in [2.24, 2.45) is 0 Å². The molecule has 0 N–H and O–H groups in total. The Bertz CT molecular complexity index is 1550. The highest BCUT2D eigenvalue weighted by molar-refractivity contribution is 6.11. The van der Waals surface area contributed by atoms with Gasteiger partial charge in [-0.3, -0.25) is 4.57 Å².